The van der Waals surface area contributed by atoms with Gasteiger partial charge in [-0.1, -0.05) is 12.1 Å². The van der Waals surface area contributed by atoms with Gasteiger partial charge in [0, 0.05) is 30.9 Å². The van der Waals surface area contributed by atoms with E-state index < -0.39 is 0 Å². The van der Waals surface area contributed by atoms with E-state index in [-0.39, 0.29) is 18.6 Å². The molecule has 0 spiro atoms. The third-order valence-corrected chi connectivity index (χ3v) is 3.07. The minimum atomic E-state index is -0.204. The number of benzene rings is 1. The van der Waals surface area contributed by atoms with Gasteiger partial charge in [0.2, 0.25) is 0 Å². The summed E-state index contributed by atoms with van der Waals surface area (Å²) in [5.41, 5.74) is 1.36. The number of amides is 1. The Labute approximate surface area is 117 Å². The third kappa shape index (κ3) is 3.31. The minimum absolute atomic E-state index is 0.00536. The molecule has 1 aromatic carbocycles. The Morgan fingerprint density at radius 3 is 3.00 bits per heavy atom. The Morgan fingerprint density at radius 1 is 1.40 bits per heavy atom. The first-order valence-electron chi connectivity index (χ1n) is 6.50. The predicted molar refractivity (Wildman–Crippen MR) is 76.6 cm³/mol. The summed E-state index contributed by atoms with van der Waals surface area (Å²) in [7, 11) is 1.57. The van der Waals surface area contributed by atoms with Gasteiger partial charge in [-0.3, -0.25) is 9.78 Å². The van der Waals surface area contributed by atoms with Crippen LogP contribution in [0.1, 0.15) is 16.8 Å². The van der Waals surface area contributed by atoms with E-state index in [0.29, 0.717) is 18.6 Å². The highest BCUT2D eigenvalue weighted by molar-refractivity contribution is 6.06. The van der Waals surface area contributed by atoms with E-state index in [1.807, 2.05) is 18.2 Å². The Balaban J connectivity index is 2.22. The Kier molecular flexibility index (Phi) is 5.03. The number of ether oxygens (including phenoxy) is 1. The van der Waals surface area contributed by atoms with E-state index in [9.17, 15) is 4.79 Å². The predicted octanol–water partition coefficient (Wildman–Crippen LogP) is 1.36. The van der Waals surface area contributed by atoms with E-state index in [0.717, 1.165) is 10.9 Å². The van der Waals surface area contributed by atoms with Crippen LogP contribution in [0.5, 0.6) is 0 Å². The summed E-state index contributed by atoms with van der Waals surface area (Å²) >= 11 is 0. The smallest absolute Gasteiger partial charge is 0.252 e. The maximum atomic E-state index is 12.3. The Morgan fingerprint density at radius 2 is 2.25 bits per heavy atom. The lowest BCUT2D eigenvalue weighted by Crippen LogP contribution is -2.38. The number of rotatable bonds is 6. The summed E-state index contributed by atoms with van der Waals surface area (Å²) in [6.07, 6.45) is 2.16. The molecule has 1 heterocycles. The first kappa shape index (κ1) is 14.4. The molecule has 5 nitrogen and oxygen atoms in total. The maximum Gasteiger partial charge on any atom is 0.252 e. The normalized spacial score (nSPS) is 12.3. The summed E-state index contributed by atoms with van der Waals surface area (Å²) in [6.45, 7) is 0.376. The van der Waals surface area contributed by atoms with Crippen LogP contribution in [0.3, 0.4) is 0 Å². The molecule has 0 aliphatic heterocycles. The van der Waals surface area contributed by atoms with Gasteiger partial charge >= 0.3 is 0 Å². The second-order valence-electron chi connectivity index (χ2n) is 4.51. The molecule has 0 bridgehead atoms. The second kappa shape index (κ2) is 6.98. The molecule has 0 aliphatic rings. The van der Waals surface area contributed by atoms with Crippen LogP contribution >= 0.6 is 0 Å². The minimum Gasteiger partial charge on any atom is -0.396 e. The van der Waals surface area contributed by atoms with Crippen LogP contribution < -0.4 is 5.32 Å². The van der Waals surface area contributed by atoms with Crippen molar-refractivity contribution < 1.29 is 14.6 Å². The monoisotopic (exact) mass is 274 g/mol. The molecule has 2 N–H and O–H groups in total. The number of aromatic nitrogens is 1. The van der Waals surface area contributed by atoms with Crippen LogP contribution in [0, 0.1) is 0 Å². The average Bonchev–Trinajstić information content (AvgIpc) is 2.47. The molecule has 1 aromatic heterocycles. The van der Waals surface area contributed by atoms with E-state index in [1.165, 1.54) is 0 Å². The Bertz CT molecular complexity index is 575. The molecule has 5 heteroatoms. The molecule has 0 aliphatic carbocycles. The van der Waals surface area contributed by atoms with Crippen LogP contribution in [0.15, 0.2) is 36.5 Å². The maximum absolute atomic E-state index is 12.3. The summed E-state index contributed by atoms with van der Waals surface area (Å²) in [4.78, 5) is 16.6. The van der Waals surface area contributed by atoms with Crippen molar-refractivity contribution in [2.45, 2.75) is 12.5 Å². The Hall–Kier alpha value is -1.98. The molecule has 1 atom stereocenters. The second-order valence-corrected chi connectivity index (χ2v) is 4.51. The number of nitrogens with one attached hydrogen (secondary N) is 1. The molecule has 0 saturated carbocycles. The fourth-order valence-corrected chi connectivity index (χ4v) is 2.12. The number of hydrogen-bond donors (Lipinski definition) is 2. The molecule has 1 amide bonds. The standard InChI is InChI=1S/C15H18N2O3/c1-20-10-11(7-9-18)17-15(19)13-4-2-6-14-12(13)5-3-8-16-14/h2-6,8,11,18H,7,9-10H2,1H3,(H,17,19). The highest BCUT2D eigenvalue weighted by Crippen LogP contribution is 2.16. The number of nitrogens with zero attached hydrogens (tertiary/aromatic N) is 1. The summed E-state index contributed by atoms with van der Waals surface area (Å²) in [6, 6.07) is 8.91. The van der Waals surface area contributed by atoms with Gasteiger partial charge in [-0.05, 0) is 24.6 Å². The van der Waals surface area contributed by atoms with Crippen molar-refractivity contribution in [2.24, 2.45) is 0 Å². The van der Waals surface area contributed by atoms with Crippen molar-refractivity contribution in [1.82, 2.24) is 10.3 Å². The zero-order valence-corrected chi connectivity index (χ0v) is 11.4. The first-order valence-corrected chi connectivity index (χ1v) is 6.50. The van der Waals surface area contributed by atoms with Gasteiger partial charge in [-0.15, -0.1) is 0 Å². The van der Waals surface area contributed by atoms with Crippen LogP contribution in [-0.4, -0.2) is 42.4 Å². The topological polar surface area (TPSA) is 71.5 Å². The summed E-state index contributed by atoms with van der Waals surface area (Å²) in [5.74, 6) is -0.181. The van der Waals surface area contributed by atoms with Crippen LogP contribution in [-0.2, 0) is 4.74 Å². The highest BCUT2D eigenvalue weighted by Gasteiger charge is 2.15. The summed E-state index contributed by atoms with van der Waals surface area (Å²) in [5, 5.41) is 12.7. The number of carbonyl (C=O) groups excluding carboxylic acids is 1. The first-order chi connectivity index (χ1) is 9.76. The molecule has 1 unspecified atom stereocenters. The van der Waals surface area contributed by atoms with Crippen molar-refractivity contribution in [2.75, 3.05) is 20.3 Å². The SMILES string of the molecule is COCC(CCO)NC(=O)c1cccc2ncccc12. The van der Waals surface area contributed by atoms with Gasteiger partial charge in [0.05, 0.1) is 18.2 Å². The van der Waals surface area contributed by atoms with Gasteiger partial charge in [-0.2, -0.15) is 0 Å². The number of aliphatic hydroxyl groups is 1. The van der Waals surface area contributed by atoms with Gasteiger partial charge in [0.15, 0.2) is 0 Å². The van der Waals surface area contributed by atoms with E-state index >= 15 is 0 Å². The fraction of sp³-hybridized carbons (Fsp3) is 0.333. The molecule has 0 saturated heterocycles. The van der Waals surface area contributed by atoms with Crippen molar-refractivity contribution in [1.29, 1.82) is 0 Å². The third-order valence-electron chi connectivity index (χ3n) is 3.07. The van der Waals surface area contributed by atoms with Crippen molar-refractivity contribution >= 4 is 16.8 Å². The lowest BCUT2D eigenvalue weighted by Gasteiger charge is -2.17. The quantitative estimate of drug-likeness (QED) is 0.834. The summed E-state index contributed by atoms with van der Waals surface area (Å²) < 4.78 is 5.04. The van der Waals surface area contributed by atoms with E-state index in [4.69, 9.17) is 9.84 Å². The van der Waals surface area contributed by atoms with Crippen LogP contribution in [0.25, 0.3) is 10.9 Å². The molecular weight excluding hydrogens is 256 g/mol. The van der Waals surface area contributed by atoms with E-state index in [2.05, 4.69) is 10.3 Å². The van der Waals surface area contributed by atoms with Gasteiger partial charge in [-0.25, -0.2) is 0 Å². The fourth-order valence-electron chi connectivity index (χ4n) is 2.12. The number of methoxy groups -OCH3 is 1. The zero-order chi connectivity index (χ0) is 14.4. The zero-order valence-electron chi connectivity index (χ0n) is 11.4. The largest absolute Gasteiger partial charge is 0.396 e. The molecule has 20 heavy (non-hydrogen) atoms. The molecule has 106 valence electrons. The highest BCUT2D eigenvalue weighted by atomic mass is 16.5. The van der Waals surface area contributed by atoms with Crippen LogP contribution in [0.4, 0.5) is 0 Å². The molecular formula is C15H18N2O3. The molecule has 0 fully saturated rings. The number of pyridine rings is 1. The lowest BCUT2D eigenvalue weighted by molar-refractivity contribution is 0.0880. The number of fused-ring (bicyclic) bond motifs is 1. The lowest BCUT2D eigenvalue weighted by atomic mass is 10.1. The van der Waals surface area contributed by atoms with E-state index in [1.54, 1.807) is 25.4 Å². The van der Waals surface area contributed by atoms with Crippen molar-refractivity contribution in [3.63, 3.8) is 0 Å². The van der Waals surface area contributed by atoms with Crippen molar-refractivity contribution in [3.8, 4) is 0 Å². The van der Waals surface area contributed by atoms with Gasteiger partial charge in [0.25, 0.3) is 5.91 Å². The number of aliphatic hydroxyl groups excluding tert-OH is 1. The van der Waals surface area contributed by atoms with Gasteiger partial charge < -0.3 is 15.2 Å². The average molecular weight is 274 g/mol. The number of hydrogen-bond acceptors (Lipinski definition) is 4. The van der Waals surface area contributed by atoms with Crippen LogP contribution in [0.2, 0.25) is 0 Å². The number of carbonyl (C=O) groups is 1. The van der Waals surface area contributed by atoms with Gasteiger partial charge in [0.1, 0.15) is 0 Å². The molecule has 0 radical (unpaired) electrons. The van der Waals surface area contributed by atoms with Crippen molar-refractivity contribution in [3.05, 3.63) is 42.1 Å². The molecule has 2 aromatic rings. The molecule has 2 rings (SSSR count).